The highest BCUT2D eigenvalue weighted by atomic mass is 19.2. The standard InChI is InChI=1S/C13H15F2N3O/c1-3-10(16-2)13-18-17-11(19-13)7-8-5-4-6-9(14)12(8)15/h4-6,10,16H,3,7H2,1-2H3. The van der Waals surface area contributed by atoms with Crippen LogP contribution in [-0.2, 0) is 6.42 Å². The quantitative estimate of drug-likeness (QED) is 0.904. The van der Waals surface area contributed by atoms with Gasteiger partial charge in [0.25, 0.3) is 0 Å². The molecule has 19 heavy (non-hydrogen) atoms. The zero-order chi connectivity index (χ0) is 13.8. The van der Waals surface area contributed by atoms with Crippen molar-refractivity contribution in [1.82, 2.24) is 15.5 Å². The molecule has 0 fully saturated rings. The van der Waals surface area contributed by atoms with Gasteiger partial charge in [-0.05, 0) is 19.5 Å². The molecular formula is C13H15F2N3O. The minimum atomic E-state index is -0.876. The number of benzene rings is 1. The van der Waals surface area contributed by atoms with E-state index in [0.717, 1.165) is 12.5 Å². The van der Waals surface area contributed by atoms with E-state index in [1.54, 1.807) is 7.05 Å². The summed E-state index contributed by atoms with van der Waals surface area (Å²) >= 11 is 0. The first-order valence-corrected chi connectivity index (χ1v) is 6.08. The van der Waals surface area contributed by atoms with Crippen LogP contribution in [0.1, 0.15) is 36.7 Å². The largest absolute Gasteiger partial charge is 0.423 e. The van der Waals surface area contributed by atoms with Crippen molar-refractivity contribution in [2.24, 2.45) is 0 Å². The highest BCUT2D eigenvalue weighted by Crippen LogP contribution is 2.18. The van der Waals surface area contributed by atoms with Crippen LogP contribution in [0.5, 0.6) is 0 Å². The molecule has 1 atom stereocenters. The summed E-state index contributed by atoms with van der Waals surface area (Å²) in [6.07, 6.45) is 0.878. The Labute approximate surface area is 109 Å². The molecule has 2 aromatic rings. The van der Waals surface area contributed by atoms with Gasteiger partial charge in [-0.1, -0.05) is 19.1 Å². The van der Waals surface area contributed by atoms with E-state index in [2.05, 4.69) is 15.5 Å². The lowest BCUT2D eigenvalue weighted by Gasteiger charge is -2.07. The summed E-state index contributed by atoms with van der Waals surface area (Å²) in [4.78, 5) is 0. The molecule has 0 amide bonds. The van der Waals surface area contributed by atoms with Gasteiger partial charge < -0.3 is 9.73 Å². The van der Waals surface area contributed by atoms with E-state index in [-0.39, 0.29) is 23.9 Å². The summed E-state index contributed by atoms with van der Waals surface area (Å²) in [6, 6.07) is 4.00. The van der Waals surface area contributed by atoms with E-state index < -0.39 is 11.6 Å². The lowest BCUT2D eigenvalue weighted by Crippen LogP contribution is -2.15. The first-order chi connectivity index (χ1) is 9.15. The molecular weight excluding hydrogens is 252 g/mol. The maximum atomic E-state index is 13.5. The molecule has 0 aliphatic carbocycles. The second-order valence-electron chi connectivity index (χ2n) is 4.17. The van der Waals surface area contributed by atoms with Crippen molar-refractivity contribution >= 4 is 0 Å². The number of halogens is 2. The Kier molecular flexibility index (Phi) is 4.21. The van der Waals surface area contributed by atoms with Gasteiger partial charge in [-0.15, -0.1) is 10.2 Å². The van der Waals surface area contributed by atoms with E-state index >= 15 is 0 Å². The zero-order valence-electron chi connectivity index (χ0n) is 10.8. The van der Waals surface area contributed by atoms with E-state index in [1.807, 2.05) is 6.92 Å². The highest BCUT2D eigenvalue weighted by molar-refractivity contribution is 5.21. The van der Waals surface area contributed by atoms with Crippen molar-refractivity contribution in [3.63, 3.8) is 0 Å². The first kappa shape index (κ1) is 13.6. The minimum absolute atomic E-state index is 0.0291. The van der Waals surface area contributed by atoms with Crippen molar-refractivity contribution in [2.45, 2.75) is 25.8 Å². The van der Waals surface area contributed by atoms with Crippen LogP contribution in [0.15, 0.2) is 22.6 Å². The van der Waals surface area contributed by atoms with Gasteiger partial charge in [-0.3, -0.25) is 0 Å². The molecule has 4 nitrogen and oxygen atoms in total. The molecule has 0 radical (unpaired) electrons. The summed E-state index contributed by atoms with van der Waals surface area (Å²) < 4.78 is 32.0. The summed E-state index contributed by atoms with van der Waals surface area (Å²) in [7, 11) is 1.80. The average molecular weight is 267 g/mol. The van der Waals surface area contributed by atoms with Crippen LogP contribution in [0, 0.1) is 11.6 Å². The smallest absolute Gasteiger partial charge is 0.233 e. The van der Waals surface area contributed by atoms with E-state index in [1.165, 1.54) is 12.1 Å². The van der Waals surface area contributed by atoms with Gasteiger partial charge in [0, 0.05) is 5.56 Å². The molecule has 0 saturated carbocycles. The van der Waals surface area contributed by atoms with E-state index in [9.17, 15) is 8.78 Å². The molecule has 102 valence electrons. The fourth-order valence-electron chi connectivity index (χ4n) is 1.83. The number of aromatic nitrogens is 2. The number of hydrogen-bond donors (Lipinski definition) is 1. The molecule has 1 N–H and O–H groups in total. The lowest BCUT2D eigenvalue weighted by molar-refractivity contribution is 0.388. The maximum Gasteiger partial charge on any atom is 0.233 e. The molecule has 1 aromatic carbocycles. The third kappa shape index (κ3) is 2.96. The predicted molar refractivity (Wildman–Crippen MR) is 65.6 cm³/mol. The molecule has 0 spiro atoms. The fraction of sp³-hybridized carbons (Fsp3) is 0.385. The molecule has 1 unspecified atom stereocenters. The Morgan fingerprint density at radius 2 is 2.11 bits per heavy atom. The fourth-order valence-corrected chi connectivity index (χ4v) is 1.83. The van der Waals surface area contributed by atoms with Crippen molar-refractivity contribution in [3.8, 4) is 0 Å². The van der Waals surface area contributed by atoms with Crippen molar-refractivity contribution < 1.29 is 13.2 Å². The van der Waals surface area contributed by atoms with Crippen LogP contribution in [0.25, 0.3) is 0 Å². The van der Waals surface area contributed by atoms with Crippen LogP contribution in [0.3, 0.4) is 0 Å². The van der Waals surface area contributed by atoms with Gasteiger partial charge >= 0.3 is 0 Å². The molecule has 0 saturated heterocycles. The van der Waals surface area contributed by atoms with Crippen LogP contribution in [-0.4, -0.2) is 17.2 Å². The molecule has 2 rings (SSSR count). The van der Waals surface area contributed by atoms with E-state index in [0.29, 0.717) is 5.89 Å². The van der Waals surface area contributed by atoms with Gasteiger partial charge in [-0.25, -0.2) is 8.78 Å². The van der Waals surface area contributed by atoms with Gasteiger partial charge in [0.05, 0.1) is 12.5 Å². The van der Waals surface area contributed by atoms with Crippen molar-refractivity contribution in [1.29, 1.82) is 0 Å². The first-order valence-electron chi connectivity index (χ1n) is 6.08. The average Bonchev–Trinajstić information content (AvgIpc) is 2.85. The molecule has 1 aromatic heterocycles. The van der Waals surface area contributed by atoms with Crippen LogP contribution < -0.4 is 5.32 Å². The number of nitrogens with one attached hydrogen (secondary N) is 1. The molecule has 1 heterocycles. The third-order valence-electron chi connectivity index (χ3n) is 2.91. The van der Waals surface area contributed by atoms with Gasteiger partial charge in [0.1, 0.15) is 0 Å². The molecule has 0 aliphatic heterocycles. The second kappa shape index (κ2) is 5.88. The Hall–Kier alpha value is -1.82. The number of nitrogens with zero attached hydrogens (tertiary/aromatic N) is 2. The zero-order valence-corrected chi connectivity index (χ0v) is 10.8. The summed E-state index contributed by atoms with van der Waals surface area (Å²) in [5.74, 6) is -1.02. The highest BCUT2D eigenvalue weighted by Gasteiger charge is 2.16. The summed E-state index contributed by atoms with van der Waals surface area (Å²) in [5, 5.41) is 10.8. The number of hydrogen-bond acceptors (Lipinski definition) is 4. The summed E-state index contributed by atoms with van der Waals surface area (Å²) in [5.41, 5.74) is 0.202. The Morgan fingerprint density at radius 1 is 1.32 bits per heavy atom. The summed E-state index contributed by atoms with van der Waals surface area (Å²) in [6.45, 7) is 1.98. The second-order valence-corrected chi connectivity index (χ2v) is 4.17. The van der Waals surface area contributed by atoms with Crippen molar-refractivity contribution in [3.05, 3.63) is 47.2 Å². The van der Waals surface area contributed by atoms with Gasteiger partial charge in [0.2, 0.25) is 11.8 Å². The minimum Gasteiger partial charge on any atom is -0.423 e. The molecule has 6 heteroatoms. The van der Waals surface area contributed by atoms with Gasteiger partial charge in [-0.2, -0.15) is 0 Å². The maximum absolute atomic E-state index is 13.5. The lowest BCUT2D eigenvalue weighted by atomic mass is 10.1. The Balaban J connectivity index is 2.18. The monoisotopic (exact) mass is 267 g/mol. The normalized spacial score (nSPS) is 12.6. The van der Waals surface area contributed by atoms with Gasteiger partial charge in [0.15, 0.2) is 11.6 Å². The number of rotatable bonds is 5. The third-order valence-corrected chi connectivity index (χ3v) is 2.91. The molecule has 0 bridgehead atoms. The Bertz CT molecular complexity index is 553. The van der Waals surface area contributed by atoms with E-state index in [4.69, 9.17) is 4.42 Å². The van der Waals surface area contributed by atoms with Crippen LogP contribution in [0.2, 0.25) is 0 Å². The van der Waals surface area contributed by atoms with Crippen LogP contribution in [0.4, 0.5) is 8.78 Å². The SMILES string of the molecule is CCC(NC)c1nnc(Cc2cccc(F)c2F)o1. The van der Waals surface area contributed by atoms with Crippen molar-refractivity contribution in [2.75, 3.05) is 7.05 Å². The Morgan fingerprint density at radius 3 is 2.79 bits per heavy atom. The molecule has 0 aliphatic rings. The topological polar surface area (TPSA) is 51.0 Å². The van der Waals surface area contributed by atoms with Crippen LogP contribution >= 0.6 is 0 Å². The predicted octanol–water partition coefficient (Wildman–Crippen LogP) is 2.61.